The van der Waals surface area contributed by atoms with Gasteiger partial charge in [0, 0.05) is 49.4 Å². The minimum atomic E-state index is 0.614. The first-order chi connectivity index (χ1) is 15.2. The lowest BCUT2D eigenvalue weighted by Crippen LogP contribution is -2.61. The van der Waals surface area contributed by atoms with Crippen LogP contribution in [0.25, 0.3) is 27.7 Å². The SMILES string of the molecule is Cc1cc2nccc(-c3cnn4cc(N5CC(N6CCOCC6)C5)cnc34)c2cc1C. The van der Waals surface area contributed by atoms with E-state index in [9.17, 15) is 0 Å². The van der Waals surface area contributed by atoms with Crippen molar-refractivity contribution in [2.45, 2.75) is 19.9 Å². The Bertz CT molecular complexity index is 1270. The van der Waals surface area contributed by atoms with Gasteiger partial charge in [0.05, 0.1) is 43.0 Å². The maximum Gasteiger partial charge on any atom is 0.162 e. The number of nitrogens with zero attached hydrogens (tertiary/aromatic N) is 6. The monoisotopic (exact) mass is 414 g/mol. The Hall–Kier alpha value is -3.03. The van der Waals surface area contributed by atoms with Crippen LogP contribution in [0.5, 0.6) is 0 Å². The number of anilines is 1. The minimum absolute atomic E-state index is 0.614. The molecule has 0 N–H and O–H groups in total. The summed E-state index contributed by atoms with van der Waals surface area (Å²) in [6.45, 7) is 10.1. The molecule has 7 nitrogen and oxygen atoms in total. The second kappa shape index (κ2) is 7.28. The van der Waals surface area contributed by atoms with Gasteiger partial charge in [-0.05, 0) is 48.7 Å². The Morgan fingerprint density at radius 1 is 0.968 bits per heavy atom. The number of hydrogen-bond acceptors (Lipinski definition) is 6. The van der Waals surface area contributed by atoms with Gasteiger partial charge in [-0.1, -0.05) is 0 Å². The maximum atomic E-state index is 5.48. The molecule has 2 aliphatic rings. The summed E-state index contributed by atoms with van der Waals surface area (Å²) in [6.07, 6.45) is 7.87. The number of hydrogen-bond donors (Lipinski definition) is 0. The van der Waals surface area contributed by atoms with Crippen LogP contribution in [0.2, 0.25) is 0 Å². The first-order valence-corrected chi connectivity index (χ1v) is 10.9. The third-order valence-electron chi connectivity index (χ3n) is 6.78. The molecule has 0 unspecified atom stereocenters. The smallest absolute Gasteiger partial charge is 0.162 e. The fourth-order valence-electron chi connectivity index (χ4n) is 4.70. The lowest BCUT2D eigenvalue weighted by molar-refractivity contribution is 0.0105. The zero-order chi connectivity index (χ0) is 20.9. The van der Waals surface area contributed by atoms with E-state index in [1.54, 1.807) is 0 Å². The van der Waals surface area contributed by atoms with Crippen molar-refractivity contribution in [3.63, 3.8) is 0 Å². The number of aryl methyl sites for hydroxylation is 2. The highest BCUT2D eigenvalue weighted by Gasteiger charge is 2.33. The lowest BCUT2D eigenvalue weighted by atomic mass is 9.99. The summed E-state index contributed by atoms with van der Waals surface area (Å²) in [4.78, 5) is 14.3. The molecule has 2 saturated heterocycles. The van der Waals surface area contributed by atoms with Crippen LogP contribution in [0.3, 0.4) is 0 Å². The van der Waals surface area contributed by atoms with Crippen molar-refractivity contribution >= 4 is 22.2 Å². The summed E-state index contributed by atoms with van der Waals surface area (Å²) in [5, 5.41) is 5.77. The predicted molar refractivity (Wildman–Crippen MR) is 122 cm³/mol. The van der Waals surface area contributed by atoms with Gasteiger partial charge < -0.3 is 9.64 Å². The Morgan fingerprint density at radius 3 is 2.61 bits per heavy atom. The van der Waals surface area contributed by atoms with Gasteiger partial charge in [0.2, 0.25) is 0 Å². The molecule has 0 aliphatic carbocycles. The standard InChI is InChI=1S/C24H26N6O/c1-16-9-21-20(3-4-25-23(21)10-17(16)2)22-12-27-30-15-18(11-26-24(22)30)29-13-19(14-29)28-5-7-31-8-6-28/h3-4,9-12,15,19H,5-8,13-14H2,1-2H3. The molecule has 0 spiro atoms. The van der Waals surface area contributed by atoms with Gasteiger partial charge in [-0.25, -0.2) is 9.50 Å². The van der Waals surface area contributed by atoms with Crippen LogP contribution in [0.1, 0.15) is 11.1 Å². The molecule has 7 heteroatoms. The van der Waals surface area contributed by atoms with Gasteiger partial charge >= 0.3 is 0 Å². The highest BCUT2D eigenvalue weighted by atomic mass is 16.5. The van der Waals surface area contributed by atoms with E-state index in [0.717, 1.165) is 72.8 Å². The van der Waals surface area contributed by atoms with Crippen LogP contribution in [0.15, 0.2) is 43.0 Å². The van der Waals surface area contributed by atoms with Crippen molar-refractivity contribution in [1.29, 1.82) is 0 Å². The largest absolute Gasteiger partial charge is 0.379 e. The topological polar surface area (TPSA) is 58.8 Å². The second-order valence-electron chi connectivity index (χ2n) is 8.66. The molecule has 158 valence electrons. The quantitative estimate of drug-likeness (QED) is 0.514. The molecule has 0 atom stereocenters. The minimum Gasteiger partial charge on any atom is -0.379 e. The summed E-state index contributed by atoms with van der Waals surface area (Å²) < 4.78 is 7.38. The van der Waals surface area contributed by atoms with E-state index in [1.165, 1.54) is 11.1 Å². The predicted octanol–water partition coefficient (Wildman–Crippen LogP) is 3.08. The van der Waals surface area contributed by atoms with Gasteiger partial charge in [-0.3, -0.25) is 9.88 Å². The maximum absolute atomic E-state index is 5.48. The zero-order valence-electron chi connectivity index (χ0n) is 18.0. The number of fused-ring (bicyclic) bond motifs is 2. The van der Waals surface area contributed by atoms with E-state index in [2.05, 4.69) is 58.1 Å². The van der Waals surface area contributed by atoms with Crippen molar-refractivity contribution in [2.24, 2.45) is 0 Å². The normalized spacial score (nSPS) is 18.1. The van der Waals surface area contributed by atoms with Gasteiger partial charge in [-0.2, -0.15) is 5.10 Å². The second-order valence-corrected chi connectivity index (χ2v) is 8.66. The van der Waals surface area contributed by atoms with E-state index in [4.69, 9.17) is 9.72 Å². The number of pyridine rings is 1. The van der Waals surface area contributed by atoms with Crippen molar-refractivity contribution in [3.8, 4) is 11.1 Å². The third kappa shape index (κ3) is 3.16. The Balaban J connectivity index is 1.30. The summed E-state index contributed by atoms with van der Waals surface area (Å²) in [5.41, 5.74) is 7.69. The number of morpholine rings is 1. The van der Waals surface area contributed by atoms with Gasteiger partial charge in [0.25, 0.3) is 0 Å². The molecule has 2 aliphatic heterocycles. The Labute approximate surface area is 181 Å². The summed E-state index contributed by atoms with van der Waals surface area (Å²) in [5.74, 6) is 0. The lowest BCUT2D eigenvalue weighted by Gasteiger charge is -2.47. The molecular formula is C24H26N6O. The van der Waals surface area contributed by atoms with Gasteiger partial charge in [-0.15, -0.1) is 0 Å². The summed E-state index contributed by atoms with van der Waals surface area (Å²) >= 11 is 0. The number of rotatable bonds is 3. The van der Waals surface area contributed by atoms with Crippen LogP contribution in [0, 0.1) is 13.8 Å². The molecule has 3 aromatic heterocycles. The van der Waals surface area contributed by atoms with Crippen molar-refractivity contribution in [3.05, 3.63) is 54.1 Å². The Kier molecular flexibility index (Phi) is 4.40. The molecule has 5 heterocycles. The molecule has 0 saturated carbocycles. The van der Waals surface area contributed by atoms with E-state index >= 15 is 0 Å². The van der Waals surface area contributed by atoms with Crippen molar-refractivity contribution in [2.75, 3.05) is 44.3 Å². The zero-order valence-corrected chi connectivity index (χ0v) is 18.0. The van der Waals surface area contributed by atoms with Crippen molar-refractivity contribution in [1.82, 2.24) is 24.5 Å². The molecule has 2 fully saturated rings. The number of benzene rings is 1. The fraction of sp³-hybridized carbons (Fsp3) is 0.375. The first-order valence-electron chi connectivity index (χ1n) is 10.9. The van der Waals surface area contributed by atoms with E-state index < -0.39 is 0 Å². The number of aromatic nitrogens is 4. The molecule has 0 amide bonds. The van der Waals surface area contributed by atoms with Crippen molar-refractivity contribution < 1.29 is 4.74 Å². The molecular weight excluding hydrogens is 388 g/mol. The fourth-order valence-corrected chi connectivity index (χ4v) is 4.70. The van der Waals surface area contributed by atoms with Crippen LogP contribution >= 0.6 is 0 Å². The van der Waals surface area contributed by atoms with E-state index in [-0.39, 0.29) is 0 Å². The first kappa shape index (κ1) is 18.7. The average molecular weight is 415 g/mol. The van der Waals surface area contributed by atoms with Crippen LogP contribution in [-0.2, 0) is 4.74 Å². The van der Waals surface area contributed by atoms with Crippen LogP contribution in [-0.4, -0.2) is 69.9 Å². The van der Waals surface area contributed by atoms with E-state index in [0.29, 0.717) is 6.04 Å². The molecule has 1 aromatic carbocycles. The average Bonchev–Trinajstić information content (AvgIpc) is 3.17. The van der Waals surface area contributed by atoms with Gasteiger partial charge in [0.15, 0.2) is 5.65 Å². The molecule has 0 bridgehead atoms. The van der Waals surface area contributed by atoms with E-state index in [1.807, 2.05) is 23.1 Å². The molecule has 6 rings (SSSR count). The highest BCUT2D eigenvalue weighted by Crippen LogP contribution is 2.32. The summed E-state index contributed by atoms with van der Waals surface area (Å²) in [7, 11) is 0. The number of ether oxygens (including phenoxy) is 1. The van der Waals surface area contributed by atoms with Gasteiger partial charge in [0.1, 0.15) is 0 Å². The third-order valence-corrected chi connectivity index (χ3v) is 6.78. The highest BCUT2D eigenvalue weighted by molar-refractivity contribution is 5.98. The molecule has 4 aromatic rings. The summed E-state index contributed by atoms with van der Waals surface area (Å²) in [6, 6.07) is 7.05. The van der Waals surface area contributed by atoms with Crippen LogP contribution in [0.4, 0.5) is 5.69 Å². The van der Waals surface area contributed by atoms with Crippen LogP contribution < -0.4 is 4.90 Å². The molecule has 31 heavy (non-hydrogen) atoms. The Morgan fingerprint density at radius 2 is 1.77 bits per heavy atom. The molecule has 0 radical (unpaired) electrons.